The minimum Gasteiger partial charge on any atom is -0.380 e. The molecule has 0 aromatic heterocycles. The van der Waals surface area contributed by atoms with Crippen LogP contribution in [0.15, 0.2) is 12.1 Å². The molecule has 1 aromatic carbocycles. The van der Waals surface area contributed by atoms with Crippen LogP contribution in [0.3, 0.4) is 0 Å². The molecule has 0 bridgehead atoms. The highest BCUT2D eigenvalue weighted by Gasteiger charge is 2.35. The molecule has 1 saturated carbocycles. The molecule has 0 spiro atoms. The van der Waals surface area contributed by atoms with Crippen LogP contribution in [0, 0.1) is 24.5 Å². The molecule has 2 fully saturated rings. The summed E-state index contributed by atoms with van der Waals surface area (Å²) in [5, 5.41) is 6.79. The smallest absolute Gasteiger partial charge is 0.146 e. The second-order valence-corrected chi connectivity index (χ2v) is 6.13. The summed E-state index contributed by atoms with van der Waals surface area (Å²) in [7, 11) is 0. The number of rotatable bonds is 3. The van der Waals surface area contributed by atoms with E-state index in [-0.39, 0.29) is 17.7 Å². The first kappa shape index (κ1) is 13.8. The average Bonchev–Trinajstić information content (AvgIpc) is 3.06. The van der Waals surface area contributed by atoms with Crippen LogP contribution in [0.4, 0.5) is 14.5 Å². The van der Waals surface area contributed by atoms with E-state index >= 15 is 0 Å². The molecule has 3 unspecified atom stereocenters. The molecule has 2 N–H and O–H groups in total. The highest BCUT2D eigenvalue weighted by Crippen LogP contribution is 2.34. The summed E-state index contributed by atoms with van der Waals surface area (Å²) in [6.45, 7) is 2.67. The molecular formula is C16H22F2N2. The number of hydrogen-bond acceptors (Lipinski definition) is 2. The van der Waals surface area contributed by atoms with Crippen LogP contribution in [-0.4, -0.2) is 18.6 Å². The predicted molar refractivity (Wildman–Crippen MR) is 76.9 cm³/mol. The topological polar surface area (TPSA) is 24.1 Å². The fraction of sp³-hybridized carbons (Fsp3) is 0.625. The molecule has 3 rings (SSSR count). The van der Waals surface area contributed by atoms with Crippen molar-refractivity contribution in [3.05, 3.63) is 29.3 Å². The maximum absolute atomic E-state index is 13.9. The molecule has 110 valence electrons. The van der Waals surface area contributed by atoms with Gasteiger partial charge in [-0.05, 0) is 56.7 Å². The Balaban J connectivity index is 1.74. The Bertz CT molecular complexity index is 484. The van der Waals surface area contributed by atoms with E-state index in [1.807, 2.05) is 0 Å². The molecule has 1 aliphatic carbocycles. The second kappa shape index (κ2) is 5.68. The first-order valence-corrected chi connectivity index (χ1v) is 7.60. The number of aryl methyl sites for hydroxylation is 1. The van der Waals surface area contributed by atoms with Gasteiger partial charge in [-0.3, -0.25) is 0 Å². The van der Waals surface area contributed by atoms with Gasteiger partial charge >= 0.3 is 0 Å². The number of nitrogens with one attached hydrogen (secondary N) is 2. The summed E-state index contributed by atoms with van der Waals surface area (Å²) >= 11 is 0. The van der Waals surface area contributed by atoms with Crippen LogP contribution in [0.2, 0.25) is 0 Å². The summed E-state index contributed by atoms with van der Waals surface area (Å²) in [5.41, 5.74) is 0.663. The van der Waals surface area contributed by atoms with E-state index in [9.17, 15) is 8.78 Å². The van der Waals surface area contributed by atoms with Crippen molar-refractivity contribution in [1.82, 2.24) is 5.32 Å². The maximum Gasteiger partial charge on any atom is 0.146 e. The predicted octanol–water partition coefficient (Wildman–Crippen LogP) is 3.61. The summed E-state index contributed by atoms with van der Waals surface area (Å²) in [4.78, 5) is 0. The quantitative estimate of drug-likeness (QED) is 0.884. The van der Waals surface area contributed by atoms with Gasteiger partial charge in [0, 0.05) is 18.2 Å². The molecule has 2 nitrogen and oxygen atoms in total. The zero-order valence-electron chi connectivity index (χ0n) is 11.9. The Morgan fingerprint density at radius 3 is 2.70 bits per heavy atom. The van der Waals surface area contributed by atoms with Gasteiger partial charge in [-0.1, -0.05) is 6.42 Å². The van der Waals surface area contributed by atoms with Crippen LogP contribution in [-0.2, 0) is 0 Å². The van der Waals surface area contributed by atoms with Gasteiger partial charge in [-0.15, -0.1) is 0 Å². The van der Waals surface area contributed by atoms with E-state index in [1.54, 1.807) is 6.92 Å². The molecule has 1 saturated heterocycles. The van der Waals surface area contributed by atoms with E-state index in [0.29, 0.717) is 23.2 Å². The van der Waals surface area contributed by atoms with Crippen LogP contribution in [0.25, 0.3) is 0 Å². The fourth-order valence-corrected chi connectivity index (χ4v) is 3.68. The number of anilines is 1. The third-order valence-electron chi connectivity index (χ3n) is 4.77. The van der Waals surface area contributed by atoms with E-state index < -0.39 is 0 Å². The van der Waals surface area contributed by atoms with Gasteiger partial charge in [0.15, 0.2) is 0 Å². The van der Waals surface area contributed by atoms with Crippen molar-refractivity contribution in [2.24, 2.45) is 5.92 Å². The molecular weight excluding hydrogens is 258 g/mol. The first-order chi connectivity index (χ1) is 9.65. The van der Waals surface area contributed by atoms with Crippen LogP contribution < -0.4 is 10.6 Å². The maximum atomic E-state index is 13.9. The molecule has 3 atom stereocenters. The summed E-state index contributed by atoms with van der Waals surface area (Å²) < 4.78 is 27.6. The van der Waals surface area contributed by atoms with E-state index in [2.05, 4.69) is 10.6 Å². The third-order valence-corrected chi connectivity index (χ3v) is 4.77. The standard InChI is InChI=1S/C16H22F2N2/c1-10-8-13(18)16(9-12(10)17)20-15-5-2-4-11(15)14-6-3-7-19-14/h8-9,11,14-15,19-20H,2-7H2,1H3. The Labute approximate surface area is 118 Å². The summed E-state index contributed by atoms with van der Waals surface area (Å²) in [6, 6.07) is 3.35. The Morgan fingerprint density at radius 1 is 1.10 bits per heavy atom. The summed E-state index contributed by atoms with van der Waals surface area (Å²) in [6.07, 6.45) is 5.80. The SMILES string of the molecule is Cc1cc(F)c(NC2CCCC2C2CCCN2)cc1F. The third kappa shape index (κ3) is 2.66. The minimum atomic E-state index is -0.353. The van der Waals surface area contributed by atoms with Crippen molar-refractivity contribution in [2.75, 3.05) is 11.9 Å². The molecule has 1 aromatic rings. The minimum absolute atomic E-state index is 0.252. The van der Waals surface area contributed by atoms with Gasteiger partial charge in [0.25, 0.3) is 0 Å². The normalized spacial score (nSPS) is 29.9. The molecule has 0 radical (unpaired) electrons. The lowest BCUT2D eigenvalue weighted by atomic mass is 9.93. The Kier molecular flexibility index (Phi) is 3.92. The van der Waals surface area contributed by atoms with E-state index in [0.717, 1.165) is 19.4 Å². The van der Waals surface area contributed by atoms with Crippen molar-refractivity contribution in [2.45, 2.75) is 51.1 Å². The van der Waals surface area contributed by atoms with Gasteiger partial charge in [0.1, 0.15) is 11.6 Å². The second-order valence-electron chi connectivity index (χ2n) is 6.13. The highest BCUT2D eigenvalue weighted by atomic mass is 19.1. The van der Waals surface area contributed by atoms with Gasteiger partial charge in [-0.25, -0.2) is 8.78 Å². The monoisotopic (exact) mass is 280 g/mol. The lowest BCUT2D eigenvalue weighted by Crippen LogP contribution is -2.38. The van der Waals surface area contributed by atoms with Crippen molar-refractivity contribution in [1.29, 1.82) is 0 Å². The number of benzene rings is 1. The molecule has 1 heterocycles. The van der Waals surface area contributed by atoms with Crippen LogP contribution in [0.5, 0.6) is 0 Å². The lowest BCUT2D eigenvalue weighted by Gasteiger charge is -2.27. The summed E-state index contributed by atoms with van der Waals surface area (Å²) in [5.74, 6) is -0.169. The number of halogens is 2. The zero-order chi connectivity index (χ0) is 14.1. The first-order valence-electron chi connectivity index (χ1n) is 7.60. The van der Waals surface area contributed by atoms with Crippen LogP contribution >= 0.6 is 0 Å². The lowest BCUT2D eigenvalue weighted by molar-refractivity contribution is 0.375. The van der Waals surface area contributed by atoms with Gasteiger partial charge < -0.3 is 10.6 Å². The zero-order valence-corrected chi connectivity index (χ0v) is 11.9. The number of hydrogen-bond donors (Lipinski definition) is 2. The van der Waals surface area contributed by atoms with E-state index in [1.165, 1.54) is 31.4 Å². The van der Waals surface area contributed by atoms with Gasteiger partial charge in [0.05, 0.1) is 5.69 Å². The van der Waals surface area contributed by atoms with Crippen molar-refractivity contribution < 1.29 is 8.78 Å². The van der Waals surface area contributed by atoms with E-state index in [4.69, 9.17) is 0 Å². The Morgan fingerprint density at radius 2 is 1.95 bits per heavy atom. The molecule has 0 amide bonds. The van der Waals surface area contributed by atoms with Crippen molar-refractivity contribution in [3.8, 4) is 0 Å². The molecule has 2 aliphatic rings. The largest absolute Gasteiger partial charge is 0.380 e. The molecule has 20 heavy (non-hydrogen) atoms. The highest BCUT2D eigenvalue weighted by molar-refractivity contribution is 5.48. The molecule has 4 heteroatoms. The van der Waals surface area contributed by atoms with Crippen molar-refractivity contribution >= 4 is 5.69 Å². The fourth-order valence-electron chi connectivity index (χ4n) is 3.68. The van der Waals surface area contributed by atoms with Gasteiger partial charge in [-0.2, -0.15) is 0 Å². The van der Waals surface area contributed by atoms with Gasteiger partial charge in [0.2, 0.25) is 0 Å². The van der Waals surface area contributed by atoms with Crippen molar-refractivity contribution in [3.63, 3.8) is 0 Å². The van der Waals surface area contributed by atoms with Crippen LogP contribution in [0.1, 0.15) is 37.7 Å². The molecule has 1 aliphatic heterocycles. The average molecular weight is 280 g/mol. The Hall–Kier alpha value is -1.16.